The number of aromatic nitrogens is 2. The summed E-state index contributed by atoms with van der Waals surface area (Å²) in [6.07, 6.45) is 4.59. The number of rotatable bonds is 5. The number of aryl methyl sites for hydroxylation is 1. The van der Waals surface area contributed by atoms with Crippen molar-refractivity contribution >= 4 is 20.9 Å². The Labute approximate surface area is 125 Å². The van der Waals surface area contributed by atoms with Crippen molar-refractivity contribution in [1.29, 1.82) is 0 Å². The lowest BCUT2D eigenvalue weighted by Crippen LogP contribution is -2.40. The van der Waals surface area contributed by atoms with Crippen LogP contribution in [0.25, 0.3) is 11.0 Å². The lowest BCUT2D eigenvalue weighted by atomic mass is 10.2. The van der Waals surface area contributed by atoms with Gasteiger partial charge < -0.3 is 9.88 Å². The van der Waals surface area contributed by atoms with Gasteiger partial charge in [-0.25, -0.2) is 13.4 Å². The summed E-state index contributed by atoms with van der Waals surface area (Å²) in [5.41, 5.74) is 2.17. The van der Waals surface area contributed by atoms with Crippen molar-refractivity contribution in [2.75, 3.05) is 18.1 Å². The monoisotopic (exact) mass is 307 g/mol. The maximum absolute atomic E-state index is 11.6. The number of hydrogen-bond acceptors (Lipinski definition) is 4. The van der Waals surface area contributed by atoms with Gasteiger partial charge in [-0.2, -0.15) is 0 Å². The smallest absolute Gasteiger partial charge is 0.151 e. The first-order valence-electron chi connectivity index (χ1n) is 7.48. The van der Waals surface area contributed by atoms with Crippen LogP contribution in [0.2, 0.25) is 0 Å². The summed E-state index contributed by atoms with van der Waals surface area (Å²) in [5.74, 6) is 0.646. The van der Waals surface area contributed by atoms with Gasteiger partial charge in [0, 0.05) is 12.6 Å². The molecule has 1 unspecified atom stereocenters. The van der Waals surface area contributed by atoms with E-state index in [0.29, 0.717) is 11.5 Å². The molecule has 0 radical (unpaired) electrons. The zero-order valence-corrected chi connectivity index (χ0v) is 12.8. The number of sulfone groups is 1. The Morgan fingerprint density at radius 3 is 3.05 bits per heavy atom. The van der Waals surface area contributed by atoms with Gasteiger partial charge in [-0.05, 0) is 37.9 Å². The number of nitrogens with zero attached hydrogens (tertiary/aromatic N) is 2. The number of imidazole rings is 1. The standard InChI is InChI=1S/C15H21N3O2S/c19-21(20)10-3-5-13(11-21)16-8-4-9-18-12-17-14-6-1-2-7-15(14)18/h1-2,6-7,12-13,16H,3-5,8-11H2. The summed E-state index contributed by atoms with van der Waals surface area (Å²) in [6.45, 7) is 1.74. The van der Waals surface area contributed by atoms with Gasteiger partial charge in [-0.15, -0.1) is 0 Å². The fourth-order valence-corrected chi connectivity index (χ4v) is 4.60. The molecule has 114 valence electrons. The van der Waals surface area contributed by atoms with Crippen LogP contribution in [0.3, 0.4) is 0 Å². The van der Waals surface area contributed by atoms with Crippen LogP contribution in [0, 0.1) is 0 Å². The third kappa shape index (κ3) is 3.63. The second-order valence-corrected chi connectivity index (χ2v) is 7.92. The molecule has 1 N–H and O–H groups in total. The van der Waals surface area contributed by atoms with Crippen LogP contribution in [0.4, 0.5) is 0 Å². The Balaban J connectivity index is 1.48. The molecule has 3 rings (SSSR count). The largest absolute Gasteiger partial charge is 0.331 e. The van der Waals surface area contributed by atoms with Crippen molar-refractivity contribution in [3.63, 3.8) is 0 Å². The predicted molar refractivity (Wildman–Crippen MR) is 84.0 cm³/mol. The van der Waals surface area contributed by atoms with E-state index in [4.69, 9.17) is 0 Å². The Hall–Kier alpha value is -1.40. The highest BCUT2D eigenvalue weighted by atomic mass is 32.2. The molecule has 2 aromatic rings. The van der Waals surface area contributed by atoms with Crippen LogP contribution in [0.15, 0.2) is 30.6 Å². The molecule has 0 amide bonds. The topological polar surface area (TPSA) is 64.0 Å². The predicted octanol–water partition coefficient (Wildman–Crippen LogP) is 1.59. The number of fused-ring (bicyclic) bond motifs is 1. The summed E-state index contributed by atoms with van der Waals surface area (Å²) in [7, 11) is -2.82. The van der Waals surface area contributed by atoms with E-state index in [2.05, 4.69) is 20.9 Å². The lowest BCUT2D eigenvalue weighted by molar-refractivity contribution is 0.467. The van der Waals surface area contributed by atoms with Gasteiger partial charge in [0.1, 0.15) is 0 Å². The van der Waals surface area contributed by atoms with E-state index < -0.39 is 9.84 Å². The first-order valence-corrected chi connectivity index (χ1v) is 9.30. The second-order valence-electron chi connectivity index (χ2n) is 5.69. The molecule has 1 aromatic carbocycles. The van der Waals surface area contributed by atoms with E-state index in [1.165, 1.54) is 0 Å². The van der Waals surface area contributed by atoms with Gasteiger partial charge in [0.2, 0.25) is 0 Å². The molecule has 1 atom stereocenters. The number of hydrogen-bond donors (Lipinski definition) is 1. The SMILES string of the molecule is O=S1(=O)CCCC(NCCCn2cnc3ccccc32)C1. The zero-order valence-electron chi connectivity index (χ0n) is 12.0. The third-order valence-electron chi connectivity index (χ3n) is 4.00. The molecule has 1 aliphatic heterocycles. The highest BCUT2D eigenvalue weighted by Crippen LogP contribution is 2.13. The molecule has 6 heteroatoms. The van der Waals surface area contributed by atoms with Crippen LogP contribution in [-0.4, -0.2) is 42.1 Å². The molecule has 0 spiro atoms. The van der Waals surface area contributed by atoms with E-state index in [-0.39, 0.29) is 6.04 Å². The average Bonchev–Trinajstić information content (AvgIpc) is 2.86. The van der Waals surface area contributed by atoms with Crippen molar-refractivity contribution < 1.29 is 8.42 Å². The van der Waals surface area contributed by atoms with Crippen molar-refractivity contribution in [2.24, 2.45) is 0 Å². The lowest BCUT2D eigenvalue weighted by Gasteiger charge is -2.23. The van der Waals surface area contributed by atoms with E-state index in [1.807, 2.05) is 24.5 Å². The molecule has 0 bridgehead atoms. The number of para-hydroxylation sites is 2. The van der Waals surface area contributed by atoms with Crippen LogP contribution in [0.1, 0.15) is 19.3 Å². The fraction of sp³-hybridized carbons (Fsp3) is 0.533. The molecule has 1 aromatic heterocycles. The van der Waals surface area contributed by atoms with Gasteiger partial charge in [0.05, 0.1) is 28.9 Å². The molecule has 1 fully saturated rings. The van der Waals surface area contributed by atoms with Gasteiger partial charge >= 0.3 is 0 Å². The molecule has 0 aliphatic carbocycles. The Morgan fingerprint density at radius 1 is 1.33 bits per heavy atom. The highest BCUT2D eigenvalue weighted by molar-refractivity contribution is 7.91. The minimum atomic E-state index is -2.82. The first-order chi connectivity index (χ1) is 10.1. The van der Waals surface area contributed by atoms with E-state index in [1.54, 1.807) is 0 Å². The quantitative estimate of drug-likeness (QED) is 0.852. The Morgan fingerprint density at radius 2 is 2.19 bits per heavy atom. The summed E-state index contributed by atoms with van der Waals surface area (Å²) in [5, 5.41) is 3.37. The maximum atomic E-state index is 11.6. The van der Waals surface area contributed by atoms with Gasteiger partial charge in [-0.1, -0.05) is 12.1 Å². The summed E-state index contributed by atoms with van der Waals surface area (Å²) < 4.78 is 25.3. The molecule has 2 heterocycles. The molecule has 21 heavy (non-hydrogen) atoms. The summed E-state index contributed by atoms with van der Waals surface area (Å²) in [4.78, 5) is 4.37. The normalized spacial score (nSPS) is 21.6. The van der Waals surface area contributed by atoms with E-state index >= 15 is 0 Å². The zero-order chi connectivity index (χ0) is 14.7. The van der Waals surface area contributed by atoms with Crippen LogP contribution >= 0.6 is 0 Å². The second kappa shape index (κ2) is 6.15. The maximum Gasteiger partial charge on any atom is 0.151 e. The average molecular weight is 307 g/mol. The molecule has 0 saturated carbocycles. The highest BCUT2D eigenvalue weighted by Gasteiger charge is 2.23. The minimum Gasteiger partial charge on any atom is -0.331 e. The molecular weight excluding hydrogens is 286 g/mol. The Kier molecular flexibility index (Phi) is 4.26. The van der Waals surface area contributed by atoms with Crippen LogP contribution in [0.5, 0.6) is 0 Å². The van der Waals surface area contributed by atoms with E-state index in [0.717, 1.165) is 43.4 Å². The third-order valence-corrected chi connectivity index (χ3v) is 5.82. The van der Waals surface area contributed by atoms with Crippen molar-refractivity contribution in [2.45, 2.75) is 31.8 Å². The van der Waals surface area contributed by atoms with Crippen molar-refractivity contribution in [3.05, 3.63) is 30.6 Å². The Bertz CT molecular complexity index is 709. The molecular formula is C15H21N3O2S. The van der Waals surface area contributed by atoms with E-state index in [9.17, 15) is 8.42 Å². The van der Waals surface area contributed by atoms with Gasteiger partial charge in [-0.3, -0.25) is 0 Å². The number of benzene rings is 1. The minimum absolute atomic E-state index is 0.128. The van der Waals surface area contributed by atoms with Crippen LogP contribution in [-0.2, 0) is 16.4 Å². The summed E-state index contributed by atoms with van der Waals surface area (Å²) >= 11 is 0. The molecule has 1 aliphatic rings. The fourth-order valence-electron chi connectivity index (χ4n) is 2.93. The van der Waals surface area contributed by atoms with Gasteiger partial charge in [0.25, 0.3) is 0 Å². The van der Waals surface area contributed by atoms with Crippen molar-refractivity contribution in [3.8, 4) is 0 Å². The molecule has 1 saturated heterocycles. The molecule has 5 nitrogen and oxygen atoms in total. The van der Waals surface area contributed by atoms with Gasteiger partial charge in [0.15, 0.2) is 9.84 Å². The van der Waals surface area contributed by atoms with Crippen LogP contribution < -0.4 is 5.32 Å². The van der Waals surface area contributed by atoms with Crippen molar-refractivity contribution in [1.82, 2.24) is 14.9 Å². The first kappa shape index (κ1) is 14.5. The number of nitrogens with one attached hydrogen (secondary N) is 1. The summed E-state index contributed by atoms with van der Waals surface area (Å²) in [6, 6.07) is 8.22.